The predicted octanol–water partition coefficient (Wildman–Crippen LogP) is 3.83. The molecule has 3 rings (SSSR count). The van der Waals surface area contributed by atoms with Crippen LogP contribution in [0.1, 0.15) is 28.8 Å². The van der Waals surface area contributed by atoms with Gasteiger partial charge in [0, 0.05) is 43.4 Å². The van der Waals surface area contributed by atoms with Gasteiger partial charge in [0.1, 0.15) is 5.69 Å². The maximum Gasteiger partial charge on any atom is 0.416 e. The van der Waals surface area contributed by atoms with E-state index in [1.807, 2.05) is 0 Å². The van der Waals surface area contributed by atoms with Crippen LogP contribution in [0.4, 0.5) is 30.2 Å². The van der Waals surface area contributed by atoms with Crippen molar-refractivity contribution in [2.45, 2.75) is 19.0 Å². The Morgan fingerprint density at radius 3 is 2.25 bits per heavy atom. The van der Waals surface area contributed by atoms with Gasteiger partial charge in [-0.15, -0.1) is 0 Å². The molecular weight excluding hydrogens is 429 g/mol. The average Bonchev–Trinajstić information content (AvgIpc) is 2.78. The van der Waals surface area contributed by atoms with Gasteiger partial charge in [-0.05, 0) is 49.2 Å². The molecule has 1 aliphatic heterocycles. The predicted molar refractivity (Wildman–Crippen MR) is 111 cm³/mol. The first kappa shape index (κ1) is 23.0. The van der Waals surface area contributed by atoms with Crippen molar-refractivity contribution in [3.63, 3.8) is 0 Å². The lowest BCUT2D eigenvalue weighted by molar-refractivity contribution is -0.384. The third-order valence-corrected chi connectivity index (χ3v) is 5.35. The van der Waals surface area contributed by atoms with Gasteiger partial charge in [-0.3, -0.25) is 19.7 Å². The number of alkyl halides is 3. The number of nitro benzene ring substituents is 1. The molecule has 1 heterocycles. The van der Waals surface area contributed by atoms with E-state index in [0.29, 0.717) is 43.2 Å². The summed E-state index contributed by atoms with van der Waals surface area (Å²) in [5.74, 6) is -0.815. The Kier molecular flexibility index (Phi) is 6.66. The maximum atomic E-state index is 12.9. The van der Waals surface area contributed by atoms with Crippen LogP contribution in [-0.2, 0) is 11.0 Å². The second-order valence-electron chi connectivity index (χ2n) is 7.37. The van der Waals surface area contributed by atoms with Crippen molar-refractivity contribution in [1.82, 2.24) is 5.32 Å². The topological polar surface area (TPSA) is 105 Å². The number of rotatable bonds is 5. The standard InChI is InChI=1S/C21H21F3N4O4/c1-25-19(29)13-2-5-16(6-3-13)26-20(30)14-8-10-27(11-9-14)17-7-4-15(21(22,23)24)12-18(17)28(31)32/h2-7,12,14H,8-11H2,1H3,(H,25,29)(H,26,30). The Hall–Kier alpha value is -3.63. The normalized spacial score (nSPS) is 14.7. The molecule has 1 fully saturated rings. The number of nitro groups is 1. The highest BCUT2D eigenvalue weighted by atomic mass is 19.4. The fourth-order valence-corrected chi connectivity index (χ4v) is 3.59. The minimum atomic E-state index is -4.67. The van der Waals surface area contributed by atoms with Gasteiger partial charge in [-0.25, -0.2) is 0 Å². The van der Waals surface area contributed by atoms with E-state index in [9.17, 15) is 32.9 Å². The fraction of sp³-hybridized carbons (Fsp3) is 0.333. The first-order chi connectivity index (χ1) is 15.1. The molecule has 0 spiro atoms. The molecule has 1 saturated heterocycles. The first-order valence-electron chi connectivity index (χ1n) is 9.83. The van der Waals surface area contributed by atoms with Gasteiger partial charge in [-0.2, -0.15) is 13.2 Å². The number of nitrogens with one attached hydrogen (secondary N) is 2. The molecule has 2 aromatic carbocycles. The van der Waals surface area contributed by atoms with Gasteiger partial charge in [0.15, 0.2) is 0 Å². The van der Waals surface area contributed by atoms with Gasteiger partial charge in [0.05, 0.1) is 10.5 Å². The molecule has 0 unspecified atom stereocenters. The number of hydrogen-bond donors (Lipinski definition) is 2. The Bertz CT molecular complexity index is 1020. The number of amides is 2. The molecule has 0 radical (unpaired) electrons. The van der Waals surface area contributed by atoms with Crippen LogP contribution in [0.25, 0.3) is 0 Å². The molecule has 0 aromatic heterocycles. The molecular formula is C21H21F3N4O4. The highest BCUT2D eigenvalue weighted by Crippen LogP contribution is 2.37. The molecule has 32 heavy (non-hydrogen) atoms. The van der Waals surface area contributed by atoms with Crippen molar-refractivity contribution in [3.8, 4) is 0 Å². The van der Waals surface area contributed by atoms with Crippen molar-refractivity contribution in [1.29, 1.82) is 0 Å². The molecule has 0 saturated carbocycles. The van der Waals surface area contributed by atoms with Gasteiger partial charge >= 0.3 is 6.18 Å². The smallest absolute Gasteiger partial charge is 0.366 e. The number of piperidine rings is 1. The quantitative estimate of drug-likeness (QED) is 0.532. The fourth-order valence-electron chi connectivity index (χ4n) is 3.59. The number of carbonyl (C=O) groups excluding carboxylic acids is 2. The van der Waals surface area contributed by atoms with Gasteiger partial charge in [0.2, 0.25) is 5.91 Å². The number of nitrogens with zero attached hydrogens (tertiary/aromatic N) is 2. The van der Waals surface area contributed by atoms with Crippen LogP contribution in [-0.4, -0.2) is 36.9 Å². The van der Waals surface area contributed by atoms with E-state index in [1.165, 1.54) is 7.05 Å². The van der Waals surface area contributed by atoms with E-state index >= 15 is 0 Å². The largest absolute Gasteiger partial charge is 0.416 e. The van der Waals surface area contributed by atoms with Crippen molar-refractivity contribution in [2.24, 2.45) is 5.92 Å². The Morgan fingerprint density at radius 2 is 1.72 bits per heavy atom. The molecule has 8 nitrogen and oxygen atoms in total. The molecule has 0 aliphatic carbocycles. The maximum absolute atomic E-state index is 12.9. The van der Waals surface area contributed by atoms with E-state index in [4.69, 9.17) is 0 Å². The van der Waals surface area contributed by atoms with Gasteiger partial charge in [-0.1, -0.05) is 0 Å². The molecule has 0 atom stereocenters. The van der Waals surface area contributed by atoms with Crippen LogP contribution in [0.5, 0.6) is 0 Å². The van der Waals surface area contributed by atoms with Crippen LogP contribution in [0.3, 0.4) is 0 Å². The van der Waals surface area contributed by atoms with Crippen molar-refractivity contribution in [3.05, 3.63) is 63.7 Å². The highest BCUT2D eigenvalue weighted by Gasteiger charge is 2.35. The number of benzene rings is 2. The SMILES string of the molecule is CNC(=O)c1ccc(NC(=O)C2CCN(c3ccc(C(F)(F)F)cc3[N+](=O)[O-])CC2)cc1. The van der Waals surface area contributed by atoms with Crippen molar-refractivity contribution >= 4 is 28.9 Å². The van der Waals surface area contributed by atoms with Crippen LogP contribution in [0.15, 0.2) is 42.5 Å². The zero-order valence-corrected chi connectivity index (χ0v) is 17.1. The summed E-state index contributed by atoms with van der Waals surface area (Å²) in [6, 6.07) is 8.86. The van der Waals surface area contributed by atoms with E-state index in [1.54, 1.807) is 29.2 Å². The molecule has 2 aromatic rings. The lowest BCUT2D eigenvalue weighted by atomic mass is 9.95. The summed E-state index contributed by atoms with van der Waals surface area (Å²) in [4.78, 5) is 36.3. The van der Waals surface area contributed by atoms with E-state index in [2.05, 4.69) is 10.6 Å². The number of anilines is 2. The zero-order chi connectivity index (χ0) is 23.5. The van der Waals surface area contributed by atoms with E-state index in [0.717, 1.165) is 12.1 Å². The summed E-state index contributed by atoms with van der Waals surface area (Å²) >= 11 is 0. The summed E-state index contributed by atoms with van der Waals surface area (Å²) in [6.07, 6.45) is -3.90. The minimum Gasteiger partial charge on any atom is -0.366 e. The van der Waals surface area contributed by atoms with Gasteiger partial charge < -0.3 is 15.5 Å². The van der Waals surface area contributed by atoms with Crippen LogP contribution in [0.2, 0.25) is 0 Å². The first-order valence-corrected chi connectivity index (χ1v) is 9.83. The number of carbonyl (C=O) groups is 2. The minimum absolute atomic E-state index is 0.103. The Labute approximate surface area is 181 Å². The van der Waals surface area contributed by atoms with Crippen LogP contribution >= 0.6 is 0 Å². The average molecular weight is 450 g/mol. The molecule has 2 N–H and O–H groups in total. The molecule has 170 valence electrons. The van der Waals surface area contributed by atoms with Crippen molar-refractivity contribution < 1.29 is 27.7 Å². The van der Waals surface area contributed by atoms with Crippen molar-refractivity contribution in [2.75, 3.05) is 30.4 Å². The molecule has 11 heteroatoms. The summed E-state index contributed by atoms with van der Waals surface area (Å²) in [5.41, 5.74) is -0.601. The zero-order valence-electron chi connectivity index (χ0n) is 17.1. The van der Waals surface area contributed by atoms with Crippen LogP contribution < -0.4 is 15.5 Å². The number of halogens is 3. The second-order valence-corrected chi connectivity index (χ2v) is 7.37. The molecule has 1 aliphatic rings. The lowest BCUT2D eigenvalue weighted by Gasteiger charge is -2.32. The summed E-state index contributed by atoms with van der Waals surface area (Å²) in [5, 5.41) is 16.6. The highest BCUT2D eigenvalue weighted by molar-refractivity contribution is 5.96. The summed E-state index contributed by atoms with van der Waals surface area (Å²) in [6.45, 7) is 0.583. The Balaban J connectivity index is 1.64. The second kappa shape index (κ2) is 9.25. The third kappa shape index (κ3) is 5.16. The summed E-state index contributed by atoms with van der Waals surface area (Å²) in [7, 11) is 1.52. The van der Waals surface area contributed by atoms with E-state index in [-0.39, 0.29) is 23.4 Å². The monoisotopic (exact) mass is 450 g/mol. The number of hydrogen-bond acceptors (Lipinski definition) is 5. The third-order valence-electron chi connectivity index (χ3n) is 5.35. The lowest BCUT2D eigenvalue weighted by Crippen LogP contribution is -2.38. The van der Waals surface area contributed by atoms with E-state index < -0.39 is 22.4 Å². The van der Waals surface area contributed by atoms with Gasteiger partial charge in [0.25, 0.3) is 11.6 Å². The summed E-state index contributed by atoms with van der Waals surface area (Å²) < 4.78 is 38.7. The molecule has 0 bridgehead atoms. The molecule has 2 amide bonds. The Morgan fingerprint density at radius 1 is 1.09 bits per heavy atom. The van der Waals surface area contributed by atoms with Crippen LogP contribution in [0, 0.1) is 16.0 Å².